The first-order valence-corrected chi connectivity index (χ1v) is 5.19. The fourth-order valence-electron chi connectivity index (χ4n) is 1.94. The molecule has 0 aromatic carbocycles. The summed E-state index contributed by atoms with van der Waals surface area (Å²) in [6.07, 6.45) is 0.846. The lowest BCUT2D eigenvalue weighted by Crippen LogP contribution is -2.52. The van der Waals surface area contributed by atoms with E-state index < -0.39 is 12.1 Å². The summed E-state index contributed by atoms with van der Waals surface area (Å²) in [7, 11) is 3.03. The third-order valence-corrected chi connectivity index (χ3v) is 3.00. The molecule has 0 radical (unpaired) electrons. The van der Waals surface area contributed by atoms with Gasteiger partial charge < -0.3 is 10.0 Å². The van der Waals surface area contributed by atoms with Crippen molar-refractivity contribution in [3.63, 3.8) is 0 Å². The maximum Gasteiger partial charge on any atom is 0.407 e. The lowest BCUT2D eigenvalue weighted by atomic mass is 10.0. The Morgan fingerprint density at radius 3 is 3.00 bits per heavy atom. The van der Waals surface area contributed by atoms with Gasteiger partial charge in [-0.25, -0.2) is 4.79 Å². The third kappa shape index (κ3) is 1.82. The first-order valence-electron chi connectivity index (χ1n) is 5.19. The molecule has 6 nitrogen and oxygen atoms in total. The molecule has 1 aromatic rings. The summed E-state index contributed by atoms with van der Waals surface area (Å²) in [5.74, 6) is -0.226. The van der Waals surface area contributed by atoms with Crippen molar-refractivity contribution < 1.29 is 14.7 Å². The molecule has 0 bridgehead atoms. The van der Waals surface area contributed by atoms with Gasteiger partial charge in [0, 0.05) is 26.7 Å². The van der Waals surface area contributed by atoms with Crippen LogP contribution in [0.1, 0.15) is 5.69 Å². The summed E-state index contributed by atoms with van der Waals surface area (Å²) in [6, 6.07) is 2.86. The maximum absolute atomic E-state index is 12.0. The van der Waals surface area contributed by atoms with Gasteiger partial charge in [-0.15, -0.1) is 0 Å². The molecule has 1 N–H and O–H groups in total. The number of rotatable bonds is 1. The van der Waals surface area contributed by atoms with Crippen molar-refractivity contribution >= 4 is 17.7 Å². The van der Waals surface area contributed by atoms with E-state index in [4.69, 9.17) is 5.11 Å². The zero-order valence-corrected chi connectivity index (χ0v) is 9.62. The topological polar surface area (TPSA) is 73.7 Å². The molecule has 2 heterocycles. The molecule has 2 rings (SSSR count). The van der Waals surface area contributed by atoms with E-state index in [-0.39, 0.29) is 5.91 Å². The Balaban J connectivity index is 2.37. The Morgan fingerprint density at radius 1 is 1.65 bits per heavy atom. The fourth-order valence-corrected chi connectivity index (χ4v) is 1.94. The number of hydrogen-bond acceptors (Lipinski definition) is 3. The van der Waals surface area contributed by atoms with Gasteiger partial charge in [-0.05, 0) is 12.1 Å². The van der Waals surface area contributed by atoms with Crippen molar-refractivity contribution in [3.05, 3.63) is 24.0 Å². The summed E-state index contributed by atoms with van der Waals surface area (Å²) < 4.78 is 0. The van der Waals surface area contributed by atoms with E-state index in [0.717, 1.165) is 16.3 Å². The lowest BCUT2D eigenvalue weighted by molar-refractivity contribution is -0.123. The second kappa shape index (κ2) is 4.04. The summed E-state index contributed by atoms with van der Waals surface area (Å²) in [4.78, 5) is 29.6. The highest BCUT2D eigenvalue weighted by molar-refractivity contribution is 6.00. The number of anilines is 1. The van der Waals surface area contributed by atoms with E-state index in [1.165, 1.54) is 11.9 Å². The number of amides is 2. The van der Waals surface area contributed by atoms with Crippen molar-refractivity contribution in [1.29, 1.82) is 0 Å². The number of nitrogens with zero attached hydrogens (tertiary/aromatic N) is 3. The van der Waals surface area contributed by atoms with Crippen LogP contribution in [0.2, 0.25) is 0 Å². The van der Waals surface area contributed by atoms with Gasteiger partial charge in [0.2, 0.25) is 5.91 Å². The van der Waals surface area contributed by atoms with Crippen LogP contribution in [0.15, 0.2) is 18.3 Å². The highest BCUT2D eigenvalue weighted by atomic mass is 16.4. The highest BCUT2D eigenvalue weighted by Crippen LogP contribution is 2.26. The second-order valence-electron chi connectivity index (χ2n) is 3.98. The standard InChI is InChI=1S/C11H13N3O3/c1-13-8-4-3-5-12-7(8)6-9(10(13)15)14(2)11(16)17/h3-5,9H,6H2,1-2H3,(H,16,17). The summed E-state index contributed by atoms with van der Waals surface area (Å²) >= 11 is 0. The van der Waals surface area contributed by atoms with Crippen LogP contribution in [-0.2, 0) is 11.2 Å². The molecule has 2 amide bonds. The van der Waals surface area contributed by atoms with Gasteiger partial charge >= 0.3 is 6.09 Å². The first-order chi connectivity index (χ1) is 8.02. The average Bonchev–Trinajstić information content (AvgIpc) is 2.33. The molecule has 1 atom stereocenters. The molecule has 90 valence electrons. The quantitative estimate of drug-likeness (QED) is 0.772. The number of hydrogen-bond donors (Lipinski definition) is 1. The Bertz CT molecular complexity index is 475. The SMILES string of the molecule is CN1C(=O)C(N(C)C(=O)O)Cc2ncccc21. The molecule has 17 heavy (non-hydrogen) atoms. The number of pyridine rings is 1. The molecular weight excluding hydrogens is 222 g/mol. The number of fused-ring (bicyclic) bond motifs is 1. The summed E-state index contributed by atoms with van der Waals surface area (Å²) in [5, 5.41) is 8.92. The molecule has 1 aliphatic heterocycles. The molecule has 0 aliphatic carbocycles. The number of carbonyl (C=O) groups excluding carboxylic acids is 1. The monoisotopic (exact) mass is 235 g/mol. The van der Waals surface area contributed by atoms with Gasteiger partial charge in [0.25, 0.3) is 0 Å². The molecule has 0 saturated heterocycles. The Labute approximate surface area is 98.5 Å². The molecule has 0 fully saturated rings. The normalized spacial score (nSPS) is 18.8. The van der Waals surface area contributed by atoms with Crippen molar-refractivity contribution in [1.82, 2.24) is 9.88 Å². The lowest BCUT2D eigenvalue weighted by Gasteiger charge is -2.34. The van der Waals surface area contributed by atoms with Crippen molar-refractivity contribution in [3.8, 4) is 0 Å². The molecular formula is C11H13N3O3. The van der Waals surface area contributed by atoms with E-state index in [1.54, 1.807) is 25.4 Å². The predicted octanol–water partition coefficient (Wildman–Crippen LogP) is 0.579. The number of aromatic nitrogens is 1. The number of carboxylic acid groups (broad SMARTS) is 1. The van der Waals surface area contributed by atoms with Crippen LogP contribution in [0.4, 0.5) is 10.5 Å². The molecule has 0 spiro atoms. The highest BCUT2D eigenvalue weighted by Gasteiger charge is 2.35. The number of carbonyl (C=O) groups is 2. The van der Waals surface area contributed by atoms with E-state index in [0.29, 0.717) is 6.42 Å². The van der Waals surface area contributed by atoms with Crippen LogP contribution in [-0.4, -0.2) is 47.1 Å². The maximum atomic E-state index is 12.0. The van der Waals surface area contributed by atoms with Crippen LogP contribution in [0.5, 0.6) is 0 Å². The van der Waals surface area contributed by atoms with Gasteiger partial charge in [0.15, 0.2) is 0 Å². The zero-order valence-electron chi connectivity index (χ0n) is 9.62. The van der Waals surface area contributed by atoms with E-state index >= 15 is 0 Å². The summed E-state index contributed by atoms with van der Waals surface area (Å²) in [6.45, 7) is 0. The third-order valence-electron chi connectivity index (χ3n) is 3.00. The van der Waals surface area contributed by atoms with Gasteiger partial charge in [-0.1, -0.05) is 0 Å². The minimum Gasteiger partial charge on any atom is -0.465 e. The fraction of sp³-hybridized carbons (Fsp3) is 0.364. The largest absolute Gasteiger partial charge is 0.465 e. The molecule has 1 aliphatic rings. The van der Waals surface area contributed by atoms with E-state index in [9.17, 15) is 9.59 Å². The smallest absolute Gasteiger partial charge is 0.407 e. The van der Waals surface area contributed by atoms with Crippen LogP contribution < -0.4 is 4.90 Å². The average molecular weight is 235 g/mol. The van der Waals surface area contributed by atoms with Crippen LogP contribution in [0.3, 0.4) is 0 Å². The van der Waals surface area contributed by atoms with Crippen LogP contribution >= 0.6 is 0 Å². The molecule has 1 aromatic heterocycles. The Hall–Kier alpha value is -2.11. The first kappa shape index (κ1) is 11.4. The van der Waals surface area contributed by atoms with Crippen LogP contribution in [0.25, 0.3) is 0 Å². The van der Waals surface area contributed by atoms with E-state index in [2.05, 4.69) is 4.98 Å². The van der Waals surface area contributed by atoms with Gasteiger partial charge in [0.05, 0.1) is 11.4 Å². The van der Waals surface area contributed by atoms with Crippen molar-refractivity contribution in [2.24, 2.45) is 0 Å². The summed E-state index contributed by atoms with van der Waals surface area (Å²) in [5.41, 5.74) is 1.49. The van der Waals surface area contributed by atoms with Gasteiger partial charge in [-0.3, -0.25) is 14.7 Å². The molecule has 0 saturated carbocycles. The van der Waals surface area contributed by atoms with Crippen molar-refractivity contribution in [2.75, 3.05) is 19.0 Å². The van der Waals surface area contributed by atoms with Crippen molar-refractivity contribution in [2.45, 2.75) is 12.5 Å². The van der Waals surface area contributed by atoms with Gasteiger partial charge in [0.1, 0.15) is 6.04 Å². The Morgan fingerprint density at radius 2 is 2.35 bits per heavy atom. The predicted molar refractivity (Wildman–Crippen MR) is 60.9 cm³/mol. The minimum absolute atomic E-state index is 0.226. The van der Waals surface area contributed by atoms with Crippen LogP contribution in [0, 0.1) is 0 Å². The van der Waals surface area contributed by atoms with Gasteiger partial charge in [-0.2, -0.15) is 0 Å². The second-order valence-corrected chi connectivity index (χ2v) is 3.98. The Kier molecular flexibility index (Phi) is 2.71. The molecule has 6 heteroatoms. The van der Waals surface area contributed by atoms with E-state index in [1.807, 2.05) is 0 Å². The minimum atomic E-state index is -1.11. The zero-order chi connectivity index (χ0) is 12.6. The number of likely N-dealkylation sites (N-methyl/N-ethyl adjacent to an activating group) is 2. The molecule has 1 unspecified atom stereocenters.